The van der Waals surface area contributed by atoms with Gasteiger partial charge in [-0.1, -0.05) is 24.3 Å². The van der Waals surface area contributed by atoms with Crippen LogP contribution >= 0.6 is 0 Å². The van der Waals surface area contributed by atoms with E-state index in [2.05, 4.69) is 4.98 Å². The third-order valence-electron chi connectivity index (χ3n) is 2.82. The fourth-order valence-corrected chi connectivity index (χ4v) is 1.97. The molecule has 0 aliphatic heterocycles. The van der Waals surface area contributed by atoms with Crippen LogP contribution in [0.4, 0.5) is 8.78 Å². The average Bonchev–Trinajstić information content (AvgIpc) is 2.76. The van der Waals surface area contributed by atoms with Gasteiger partial charge in [0.15, 0.2) is 11.6 Å². The molecular formula is C14H9F2N. The molecule has 3 rings (SSSR count). The minimum Gasteiger partial charge on any atom is -0.361 e. The summed E-state index contributed by atoms with van der Waals surface area (Å²) in [5.41, 5.74) is 2.52. The number of hydrogen-bond acceptors (Lipinski definition) is 0. The number of fused-ring (bicyclic) bond motifs is 1. The molecule has 1 heterocycles. The van der Waals surface area contributed by atoms with Crippen LogP contribution in [0.2, 0.25) is 0 Å². The van der Waals surface area contributed by atoms with Crippen molar-refractivity contribution in [3.05, 3.63) is 60.3 Å². The molecule has 0 amide bonds. The van der Waals surface area contributed by atoms with Crippen molar-refractivity contribution in [1.82, 2.24) is 4.98 Å². The van der Waals surface area contributed by atoms with Gasteiger partial charge in [-0.05, 0) is 23.8 Å². The first-order valence-electron chi connectivity index (χ1n) is 5.27. The minimum absolute atomic E-state index is 0.668. The zero-order valence-corrected chi connectivity index (χ0v) is 8.87. The molecule has 0 spiro atoms. The largest absolute Gasteiger partial charge is 0.361 e. The number of hydrogen-bond donors (Lipinski definition) is 1. The number of halogens is 2. The van der Waals surface area contributed by atoms with Crippen molar-refractivity contribution >= 4 is 10.9 Å². The number of benzene rings is 2. The van der Waals surface area contributed by atoms with Crippen LogP contribution in [0.3, 0.4) is 0 Å². The summed E-state index contributed by atoms with van der Waals surface area (Å²) in [7, 11) is 0. The molecule has 2 aromatic carbocycles. The van der Waals surface area contributed by atoms with E-state index in [9.17, 15) is 8.78 Å². The maximum atomic E-state index is 13.2. The summed E-state index contributed by atoms with van der Waals surface area (Å²) in [4.78, 5) is 3.10. The number of aromatic nitrogens is 1. The van der Waals surface area contributed by atoms with Crippen LogP contribution in [-0.4, -0.2) is 4.98 Å². The fourth-order valence-electron chi connectivity index (χ4n) is 1.97. The van der Waals surface area contributed by atoms with Crippen LogP contribution in [0.1, 0.15) is 0 Å². The first kappa shape index (κ1) is 10.0. The first-order valence-corrected chi connectivity index (χ1v) is 5.27. The molecule has 1 aromatic heterocycles. The van der Waals surface area contributed by atoms with E-state index in [1.807, 2.05) is 24.3 Å². The SMILES string of the molecule is Fc1ccc(-c2c[nH]c3ccccc23)cc1F. The van der Waals surface area contributed by atoms with Crippen molar-refractivity contribution in [2.24, 2.45) is 0 Å². The summed E-state index contributed by atoms with van der Waals surface area (Å²) in [6.07, 6.45) is 1.80. The Hall–Kier alpha value is -2.16. The second-order valence-corrected chi connectivity index (χ2v) is 3.88. The van der Waals surface area contributed by atoms with E-state index in [0.29, 0.717) is 5.56 Å². The molecule has 3 heteroatoms. The minimum atomic E-state index is -0.826. The average molecular weight is 229 g/mol. The highest BCUT2D eigenvalue weighted by Gasteiger charge is 2.08. The first-order chi connectivity index (χ1) is 8.25. The highest BCUT2D eigenvalue weighted by molar-refractivity contribution is 5.95. The normalized spacial score (nSPS) is 10.9. The zero-order chi connectivity index (χ0) is 11.8. The fraction of sp³-hybridized carbons (Fsp3) is 0. The Morgan fingerprint density at radius 3 is 2.53 bits per heavy atom. The molecule has 0 fully saturated rings. The van der Waals surface area contributed by atoms with Crippen molar-refractivity contribution in [3.63, 3.8) is 0 Å². The van der Waals surface area contributed by atoms with Gasteiger partial charge in [0.25, 0.3) is 0 Å². The lowest BCUT2D eigenvalue weighted by Crippen LogP contribution is -1.84. The molecule has 0 unspecified atom stereocenters. The highest BCUT2D eigenvalue weighted by atomic mass is 19.2. The summed E-state index contributed by atoms with van der Waals surface area (Å²) in [6.45, 7) is 0. The Kier molecular flexibility index (Phi) is 2.18. The maximum Gasteiger partial charge on any atom is 0.159 e. The van der Waals surface area contributed by atoms with Gasteiger partial charge in [-0.15, -0.1) is 0 Å². The van der Waals surface area contributed by atoms with Gasteiger partial charge in [0, 0.05) is 22.7 Å². The summed E-state index contributed by atoms with van der Waals surface area (Å²) in [6, 6.07) is 11.7. The molecule has 17 heavy (non-hydrogen) atoms. The van der Waals surface area contributed by atoms with E-state index in [4.69, 9.17) is 0 Å². The predicted molar refractivity (Wildman–Crippen MR) is 63.7 cm³/mol. The molecule has 0 radical (unpaired) electrons. The number of rotatable bonds is 1. The van der Waals surface area contributed by atoms with E-state index in [1.54, 1.807) is 12.3 Å². The maximum absolute atomic E-state index is 13.2. The molecule has 84 valence electrons. The highest BCUT2D eigenvalue weighted by Crippen LogP contribution is 2.29. The Balaban J connectivity index is 2.24. The number of nitrogens with one attached hydrogen (secondary N) is 1. The van der Waals surface area contributed by atoms with Crippen molar-refractivity contribution in [2.45, 2.75) is 0 Å². The number of H-pyrrole nitrogens is 1. The van der Waals surface area contributed by atoms with Gasteiger partial charge in [-0.3, -0.25) is 0 Å². The van der Waals surface area contributed by atoms with E-state index in [0.717, 1.165) is 22.5 Å². The Morgan fingerprint density at radius 2 is 1.71 bits per heavy atom. The van der Waals surface area contributed by atoms with Crippen LogP contribution in [-0.2, 0) is 0 Å². The molecule has 0 saturated carbocycles. The summed E-state index contributed by atoms with van der Waals surface area (Å²) >= 11 is 0. The second kappa shape index (κ2) is 3.70. The molecular weight excluding hydrogens is 220 g/mol. The Bertz CT molecular complexity index is 686. The Morgan fingerprint density at radius 1 is 0.882 bits per heavy atom. The van der Waals surface area contributed by atoms with E-state index in [-0.39, 0.29) is 0 Å². The zero-order valence-electron chi connectivity index (χ0n) is 8.87. The number of para-hydroxylation sites is 1. The van der Waals surface area contributed by atoms with Gasteiger partial charge in [0.05, 0.1) is 0 Å². The van der Waals surface area contributed by atoms with Crippen molar-refractivity contribution in [2.75, 3.05) is 0 Å². The third-order valence-corrected chi connectivity index (χ3v) is 2.82. The summed E-state index contributed by atoms with van der Waals surface area (Å²) in [5.74, 6) is -1.65. The lowest BCUT2D eigenvalue weighted by molar-refractivity contribution is 0.509. The lowest BCUT2D eigenvalue weighted by Gasteiger charge is -2.00. The van der Waals surface area contributed by atoms with Crippen LogP contribution in [0.5, 0.6) is 0 Å². The molecule has 3 aromatic rings. The molecule has 0 saturated heterocycles. The standard InChI is InChI=1S/C14H9F2N/c15-12-6-5-9(7-13(12)16)11-8-17-14-4-2-1-3-10(11)14/h1-8,17H. The van der Waals surface area contributed by atoms with Crippen LogP contribution in [0.25, 0.3) is 22.0 Å². The Labute approximate surface area is 96.7 Å². The van der Waals surface area contributed by atoms with E-state index >= 15 is 0 Å². The van der Waals surface area contributed by atoms with E-state index in [1.165, 1.54) is 6.07 Å². The van der Waals surface area contributed by atoms with Crippen molar-refractivity contribution < 1.29 is 8.78 Å². The predicted octanol–water partition coefficient (Wildman–Crippen LogP) is 4.11. The molecule has 0 aliphatic rings. The molecule has 1 nitrogen and oxygen atoms in total. The molecule has 0 bridgehead atoms. The monoisotopic (exact) mass is 229 g/mol. The number of aromatic amines is 1. The van der Waals surface area contributed by atoms with Crippen LogP contribution in [0, 0.1) is 11.6 Å². The summed E-state index contributed by atoms with van der Waals surface area (Å²) in [5, 5.41) is 0.999. The molecule has 1 N–H and O–H groups in total. The van der Waals surface area contributed by atoms with Gasteiger partial charge >= 0.3 is 0 Å². The second-order valence-electron chi connectivity index (χ2n) is 3.88. The van der Waals surface area contributed by atoms with Gasteiger partial charge in [0.1, 0.15) is 0 Å². The van der Waals surface area contributed by atoms with Gasteiger partial charge in [0.2, 0.25) is 0 Å². The molecule has 0 aliphatic carbocycles. The summed E-state index contributed by atoms with van der Waals surface area (Å²) < 4.78 is 26.1. The van der Waals surface area contributed by atoms with Crippen LogP contribution < -0.4 is 0 Å². The molecule has 0 atom stereocenters. The third kappa shape index (κ3) is 1.60. The van der Waals surface area contributed by atoms with Gasteiger partial charge < -0.3 is 4.98 Å². The van der Waals surface area contributed by atoms with E-state index < -0.39 is 11.6 Å². The smallest absolute Gasteiger partial charge is 0.159 e. The van der Waals surface area contributed by atoms with Gasteiger partial charge in [-0.2, -0.15) is 0 Å². The van der Waals surface area contributed by atoms with Crippen LogP contribution in [0.15, 0.2) is 48.7 Å². The van der Waals surface area contributed by atoms with Gasteiger partial charge in [-0.25, -0.2) is 8.78 Å². The van der Waals surface area contributed by atoms with Crippen molar-refractivity contribution in [1.29, 1.82) is 0 Å². The quantitative estimate of drug-likeness (QED) is 0.646. The topological polar surface area (TPSA) is 15.8 Å². The lowest BCUT2D eigenvalue weighted by atomic mass is 10.0. The van der Waals surface area contributed by atoms with Crippen molar-refractivity contribution in [3.8, 4) is 11.1 Å².